The predicted octanol–water partition coefficient (Wildman–Crippen LogP) is 6.20. The van der Waals surface area contributed by atoms with Gasteiger partial charge in [0.2, 0.25) is 11.8 Å². The molecule has 1 fully saturated rings. The molecule has 3 unspecified atom stereocenters. The maximum atomic E-state index is 13.3. The highest BCUT2D eigenvalue weighted by atomic mass is 35.5. The molecule has 0 spiro atoms. The minimum absolute atomic E-state index is 0.0209. The lowest BCUT2D eigenvalue weighted by Crippen LogP contribution is -2.31. The Morgan fingerprint density at radius 2 is 1.75 bits per heavy atom. The van der Waals surface area contributed by atoms with Gasteiger partial charge in [-0.2, -0.15) is 0 Å². The number of esters is 1. The van der Waals surface area contributed by atoms with Crippen molar-refractivity contribution >= 4 is 57.4 Å². The quantitative estimate of drug-likeness (QED) is 0.0603. The van der Waals surface area contributed by atoms with Crippen LogP contribution in [0.25, 0.3) is 22.2 Å². The van der Waals surface area contributed by atoms with E-state index in [1.54, 1.807) is 42.5 Å². The molecule has 2 aliphatic rings. The maximum Gasteiger partial charge on any atom is 0.339 e. The van der Waals surface area contributed by atoms with Crippen LogP contribution in [-0.2, 0) is 14.3 Å². The molecule has 0 bridgehead atoms. The topological polar surface area (TPSA) is 137 Å². The van der Waals surface area contributed by atoms with Crippen molar-refractivity contribution in [3.05, 3.63) is 111 Å². The monoisotopic (exact) mass is 609 g/mol. The zero-order chi connectivity index (χ0) is 31.1. The minimum atomic E-state index is -0.786. The van der Waals surface area contributed by atoms with Crippen molar-refractivity contribution in [2.75, 3.05) is 11.5 Å². The van der Waals surface area contributed by atoms with E-state index in [-0.39, 0.29) is 46.4 Å². The molecule has 1 aliphatic heterocycles. The number of hydrogen-bond donors (Lipinski definition) is 0. The van der Waals surface area contributed by atoms with E-state index in [1.165, 1.54) is 35.2 Å². The normalized spacial score (nSPS) is 19.2. The smallest absolute Gasteiger partial charge is 0.339 e. The summed E-state index contributed by atoms with van der Waals surface area (Å²) in [6.45, 7) is 1.36. The lowest BCUT2D eigenvalue weighted by molar-refractivity contribution is -0.384. The maximum absolute atomic E-state index is 13.3. The van der Waals surface area contributed by atoms with Gasteiger partial charge in [-0.3, -0.25) is 29.4 Å². The molecule has 2 amide bonds. The molecule has 220 valence electrons. The van der Waals surface area contributed by atoms with Crippen LogP contribution in [0.2, 0.25) is 5.02 Å². The number of benzene rings is 3. The number of ether oxygens (including phenoxy) is 1. The highest BCUT2D eigenvalue weighted by Gasteiger charge is 2.50. The number of ketones is 1. The van der Waals surface area contributed by atoms with Crippen LogP contribution >= 0.6 is 11.6 Å². The molecular formula is C33H24ClN3O7. The Bertz CT molecular complexity index is 1890. The van der Waals surface area contributed by atoms with Crippen molar-refractivity contribution in [1.82, 2.24) is 4.98 Å². The second-order valence-electron chi connectivity index (χ2n) is 10.7. The number of Topliss-reactive ketones (excluding diaryl/α,β-unsaturated/α-hetero) is 1. The minimum Gasteiger partial charge on any atom is -0.454 e. The molecule has 6 rings (SSSR count). The Balaban J connectivity index is 1.26. The molecule has 1 aromatic heterocycles. The van der Waals surface area contributed by atoms with E-state index in [0.717, 1.165) is 0 Å². The molecule has 1 aliphatic carbocycles. The number of amides is 2. The number of pyridine rings is 1. The largest absolute Gasteiger partial charge is 0.454 e. The fraction of sp³-hybridized carbons (Fsp3) is 0.182. The summed E-state index contributed by atoms with van der Waals surface area (Å²) in [6.07, 6.45) is 4.47. The number of carbonyl (C=O) groups excluding carboxylic acids is 4. The van der Waals surface area contributed by atoms with Crippen molar-refractivity contribution in [3.8, 4) is 11.3 Å². The number of nitro benzene ring substituents is 1. The SMILES string of the molecule is CC1C=CCC2C(=O)N(c3ccc(-c4cc(C(=O)OCC(=O)c5ccc([N+](=O)[O-])cc5)c5cc(Cl)ccc5n4)cc3)C(=O)C12. The Hall–Kier alpha value is -5.22. The van der Waals surface area contributed by atoms with Crippen molar-refractivity contribution in [2.24, 2.45) is 17.8 Å². The third-order valence-electron chi connectivity index (χ3n) is 8.02. The molecule has 11 heteroatoms. The van der Waals surface area contributed by atoms with E-state index in [9.17, 15) is 29.3 Å². The van der Waals surface area contributed by atoms with Crippen LogP contribution < -0.4 is 4.90 Å². The average molecular weight is 610 g/mol. The Labute approximate surface area is 256 Å². The summed E-state index contributed by atoms with van der Waals surface area (Å²) >= 11 is 6.21. The Morgan fingerprint density at radius 1 is 1.02 bits per heavy atom. The van der Waals surface area contributed by atoms with Crippen molar-refractivity contribution in [1.29, 1.82) is 0 Å². The number of anilines is 1. The number of rotatable bonds is 7. The number of carbonyl (C=O) groups is 4. The van der Waals surface area contributed by atoms with Crippen molar-refractivity contribution in [3.63, 3.8) is 0 Å². The predicted molar refractivity (Wildman–Crippen MR) is 162 cm³/mol. The van der Waals surface area contributed by atoms with Crippen LogP contribution in [0, 0.1) is 27.9 Å². The van der Waals surface area contributed by atoms with Gasteiger partial charge in [0.25, 0.3) is 5.69 Å². The third-order valence-corrected chi connectivity index (χ3v) is 8.25. The second kappa shape index (κ2) is 11.5. The first kappa shape index (κ1) is 28.9. The van der Waals surface area contributed by atoms with Gasteiger partial charge >= 0.3 is 5.97 Å². The molecule has 0 radical (unpaired) electrons. The third kappa shape index (κ3) is 5.24. The van der Waals surface area contributed by atoms with Gasteiger partial charge in [-0.1, -0.05) is 42.8 Å². The van der Waals surface area contributed by atoms with E-state index in [0.29, 0.717) is 39.3 Å². The zero-order valence-electron chi connectivity index (χ0n) is 23.3. The molecule has 2 heterocycles. The molecule has 3 atom stereocenters. The van der Waals surface area contributed by atoms with Gasteiger partial charge in [0.05, 0.1) is 39.2 Å². The van der Waals surface area contributed by atoms with Gasteiger partial charge in [-0.05, 0) is 60.9 Å². The summed E-state index contributed by atoms with van der Waals surface area (Å²) in [7, 11) is 0. The van der Waals surface area contributed by atoms with Crippen molar-refractivity contribution in [2.45, 2.75) is 13.3 Å². The number of fused-ring (bicyclic) bond motifs is 2. The molecule has 1 saturated heterocycles. The summed E-state index contributed by atoms with van der Waals surface area (Å²) < 4.78 is 5.35. The first-order valence-corrected chi connectivity index (χ1v) is 14.2. The van der Waals surface area contributed by atoms with Crippen LogP contribution in [0.5, 0.6) is 0 Å². The number of non-ortho nitro benzene ring substituents is 1. The molecule has 0 N–H and O–H groups in total. The summed E-state index contributed by atoms with van der Waals surface area (Å²) in [5, 5.41) is 11.7. The lowest BCUT2D eigenvalue weighted by atomic mass is 9.78. The van der Waals surface area contributed by atoms with E-state index in [1.807, 2.05) is 19.1 Å². The van der Waals surface area contributed by atoms with Gasteiger partial charge in [-0.25, -0.2) is 9.78 Å². The molecule has 4 aromatic rings. The van der Waals surface area contributed by atoms with Gasteiger partial charge in [-0.15, -0.1) is 0 Å². The molecule has 44 heavy (non-hydrogen) atoms. The average Bonchev–Trinajstić information content (AvgIpc) is 3.29. The van der Waals surface area contributed by atoms with Crippen LogP contribution in [0.4, 0.5) is 11.4 Å². The molecule has 3 aromatic carbocycles. The zero-order valence-corrected chi connectivity index (χ0v) is 24.1. The van der Waals surface area contributed by atoms with Gasteiger partial charge in [0, 0.05) is 33.7 Å². The fourth-order valence-corrected chi connectivity index (χ4v) is 5.93. The first-order chi connectivity index (χ1) is 21.1. The summed E-state index contributed by atoms with van der Waals surface area (Å²) in [4.78, 5) is 68.4. The summed E-state index contributed by atoms with van der Waals surface area (Å²) in [6, 6.07) is 18.2. The Kier molecular flexibility index (Phi) is 7.52. The number of halogens is 1. The van der Waals surface area contributed by atoms with Crippen LogP contribution in [0.3, 0.4) is 0 Å². The van der Waals surface area contributed by atoms with Crippen molar-refractivity contribution < 1.29 is 28.8 Å². The number of nitro groups is 1. The van der Waals surface area contributed by atoms with E-state index >= 15 is 0 Å². The summed E-state index contributed by atoms with van der Waals surface area (Å²) in [5.74, 6) is -2.49. The van der Waals surface area contributed by atoms with E-state index in [2.05, 4.69) is 4.98 Å². The highest BCUT2D eigenvalue weighted by molar-refractivity contribution is 6.31. The van der Waals surface area contributed by atoms with Gasteiger partial charge in [0.1, 0.15) is 0 Å². The van der Waals surface area contributed by atoms with E-state index < -0.39 is 23.3 Å². The van der Waals surface area contributed by atoms with Gasteiger partial charge < -0.3 is 4.74 Å². The molecule has 10 nitrogen and oxygen atoms in total. The number of nitrogens with zero attached hydrogens (tertiary/aromatic N) is 3. The summed E-state index contributed by atoms with van der Waals surface area (Å²) in [5.41, 5.74) is 2.08. The van der Waals surface area contributed by atoms with Gasteiger partial charge in [0.15, 0.2) is 12.4 Å². The Morgan fingerprint density at radius 3 is 2.43 bits per heavy atom. The van der Waals surface area contributed by atoms with E-state index in [4.69, 9.17) is 16.3 Å². The lowest BCUT2D eigenvalue weighted by Gasteiger charge is -2.22. The van der Waals surface area contributed by atoms with Crippen LogP contribution in [-0.4, -0.2) is 40.1 Å². The second-order valence-corrected chi connectivity index (χ2v) is 11.2. The molecular weight excluding hydrogens is 586 g/mol. The standard InChI is InChI=1S/C33H24ClN3O7/c1-18-3-2-4-24-30(18)32(40)36(31(24)39)22-10-5-19(6-11-22)28-16-26(25-15-21(34)9-14-27(25)35-28)33(41)44-17-29(38)20-7-12-23(13-8-20)37(42)43/h2-3,5-16,18,24,30H,4,17H2,1H3. The molecule has 0 saturated carbocycles. The number of aromatic nitrogens is 1. The first-order valence-electron chi connectivity index (χ1n) is 13.8. The van der Waals surface area contributed by atoms with Crippen LogP contribution in [0.15, 0.2) is 84.9 Å². The number of allylic oxidation sites excluding steroid dienone is 2. The fourth-order valence-electron chi connectivity index (χ4n) is 5.76. The number of hydrogen-bond acceptors (Lipinski definition) is 8. The highest BCUT2D eigenvalue weighted by Crippen LogP contribution is 2.41. The van der Waals surface area contributed by atoms with Crippen LogP contribution in [0.1, 0.15) is 34.1 Å². The number of imide groups is 1.